The molecule has 1 rings (SSSR count). The van der Waals surface area contributed by atoms with Gasteiger partial charge in [-0.05, 0) is 36.8 Å². The Morgan fingerprint density at radius 1 is 0.615 bits per heavy atom. The first-order chi connectivity index (χ1) is 11.7. The van der Waals surface area contributed by atoms with Crippen molar-refractivity contribution in [2.75, 3.05) is 11.5 Å². The molecule has 0 spiro atoms. The third kappa shape index (κ3) is 6.45. The van der Waals surface area contributed by atoms with Gasteiger partial charge < -0.3 is 0 Å². The van der Waals surface area contributed by atoms with Gasteiger partial charge in [0.2, 0.25) is 19.7 Å². The van der Waals surface area contributed by atoms with Crippen molar-refractivity contribution < 1.29 is 43.2 Å². The molecule has 0 aromatic heterocycles. The van der Waals surface area contributed by atoms with E-state index in [2.05, 4.69) is 0 Å². The molecule has 0 N–H and O–H groups in total. The Kier molecular flexibility index (Phi) is 7.13. The van der Waals surface area contributed by atoms with E-state index < -0.39 is 42.2 Å². The summed E-state index contributed by atoms with van der Waals surface area (Å²) in [7, 11) is -10.3. The lowest BCUT2D eigenvalue weighted by Gasteiger charge is -2.09. The fraction of sp³-hybridized carbons (Fsp3) is 0.571. The number of hydrogen-bond acceptors (Lipinski definition) is 4. The molecule has 0 radical (unpaired) electrons. The van der Waals surface area contributed by atoms with Crippen LogP contribution in [-0.4, -0.2) is 39.4 Å². The number of sulfone groups is 2. The van der Waals surface area contributed by atoms with Crippen molar-refractivity contribution >= 4 is 19.7 Å². The van der Waals surface area contributed by atoms with E-state index in [0.717, 1.165) is 0 Å². The predicted octanol–water partition coefficient (Wildman–Crippen LogP) is 3.42. The van der Waals surface area contributed by atoms with E-state index in [1.54, 1.807) is 0 Å². The number of halogens is 6. The standard InChI is InChI=1S/C14H16F6O4S2/c15-13(16,17)25(21,22)9-1-3-11-5-7-12(8-6-11)4-2-10-26(23,24)14(18,19)20/h5-8H,1-4,9-10H2. The number of aryl methyl sites for hydroxylation is 2. The Morgan fingerprint density at radius 3 is 1.12 bits per heavy atom. The third-order valence-electron chi connectivity index (χ3n) is 3.49. The Bertz CT molecular complexity index is 724. The number of rotatable bonds is 8. The second-order valence-electron chi connectivity index (χ2n) is 5.55. The second-order valence-corrected chi connectivity index (χ2v) is 9.75. The lowest BCUT2D eigenvalue weighted by Crippen LogP contribution is -2.26. The maximum Gasteiger partial charge on any atom is 0.497 e. The fourth-order valence-corrected chi connectivity index (χ4v) is 3.55. The topological polar surface area (TPSA) is 68.3 Å². The third-order valence-corrected chi connectivity index (χ3v) is 6.55. The van der Waals surface area contributed by atoms with Gasteiger partial charge in [0.1, 0.15) is 0 Å². The largest absolute Gasteiger partial charge is 0.497 e. The highest BCUT2D eigenvalue weighted by Gasteiger charge is 2.45. The van der Waals surface area contributed by atoms with E-state index >= 15 is 0 Å². The second kappa shape index (κ2) is 8.15. The van der Waals surface area contributed by atoms with Gasteiger partial charge in [0, 0.05) is 0 Å². The zero-order chi connectivity index (χ0) is 20.2. The highest BCUT2D eigenvalue weighted by atomic mass is 32.2. The van der Waals surface area contributed by atoms with Crippen LogP contribution in [0.15, 0.2) is 24.3 Å². The Hall–Kier alpha value is -1.30. The molecule has 0 heterocycles. The van der Waals surface area contributed by atoms with Gasteiger partial charge in [0.05, 0.1) is 11.5 Å². The van der Waals surface area contributed by atoms with Crippen LogP contribution in [0.3, 0.4) is 0 Å². The summed E-state index contributed by atoms with van der Waals surface area (Å²) in [6.07, 6.45) is -0.299. The van der Waals surface area contributed by atoms with Gasteiger partial charge in [-0.1, -0.05) is 24.3 Å². The highest BCUT2D eigenvalue weighted by Crippen LogP contribution is 2.25. The van der Waals surface area contributed by atoms with Crippen LogP contribution in [0.4, 0.5) is 26.3 Å². The van der Waals surface area contributed by atoms with Crippen LogP contribution in [0.2, 0.25) is 0 Å². The molecular formula is C14H16F6O4S2. The minimum absolute atomic E-state index is 0.0814. The predicted molar refractivity (Wildman–Crippen MR) is 82.8 cm³/mol. The van der Waals surface area contributed by atoms with Gasteiger partial charge >= 0.3 is 11.0 Å². The molecule has 0 fully saturated rings. The molecule has 0 amide bonds. The zero-order valence-electron chi connectivity index (χ0n) is 13.3. The van der Waals surface area contributed by atoms with Crippen molar-refractivity contribution in [1.29, 1.82) is 0 Å². The lowest BCUT2D eigenvalue weighted by atomic mass is 10.1. The summed E-state index contributed by atoms with van der Waals surface area (Å²) in [5.41, 5.74) is -9.44. The molecule has 0 atom stereocenters. The Balaban J connectivity index is 2.50. The highest BCUT2D eigenvalue weighted by molar-refractivity contribution is 7.92. The van der Waals surface area contributed by atoms with Crippen LogP contribution in [0, 0.1) is 0 Å². The van der Waals surface area contributed by atoms with Crippen molar-refractivity contribution in [3.8, 4) is 0 Å². The number of benzene rings is 1. The van der Waals surface area contributed by atoms with Gasteiger partial charge in [-0.3, -0.25) is 0 Å². The van der Waals surface area contributed by atoms with Gasteiger partial charge in [0.15, 0.2) is 0 Å². The summed E-state index contributed by atoms with van der Waals surface area (Å²) < 4.78 is 117. The molecule has 0 aliphatic rings. The van der Waals surface area contributed by atoms with E-state index in [0.29, 0.717) is 11.1 Å². The molecular weight excluding hydrogens is 410 g/mol. The van der Waals surface area contributed by atoms with Crippen molar-refractivity contribution in [2.24, 2.45) is 0 Å². The van der Waals surface area contributed by atoms with E-state index in [-0.39, 0.29) is 25.7 Å². The molecule has 0 saturated carbocycles. The maximum absolute atomic E-state index is 12.2. The monoisotopic (exact) mass is 426 g/mol. The summed E-state index contributed by atoms with van der Waals surface area (Å²) in [4.78, 5) is 0. The van der Waals surface area contributed by atoms with Gasteiger partial charge in [0.25, 0.3) is 0 Å². The Labute approximate surface area is 147 Å². The van der Waals surface area contributed by atoms with E-state index in [4.69, 9.17) is 0 Å². The molecule has 1 aromatic rings. The number of hydrogen-bond donors (Lipinski definition) is 0. The van der Waals surface area contributed by atoms with Crippen LogP contribution in [0.1, 0.15) is 24.0 Å². The summed E-state index contributed by atoms with van der Waals surface area (Å²) in [5, 5.41) is 0. The molecule has 4 nitrogen and oxygen atoms in total. The maximum atomic E-state index is 12.2. The van der Waals surface area contributed by atoms with Crippen molar-refractivity contribution in [1.82, 2.24) is 0 Å². The summed E-state index contributed by atoms with van der Waals surface area (Å²) in [6, 6.07) is 6.03. The first-order valence-corrected chi connectivity index (χ1v) is 10.6. The molecule has 12 heteroatoms. The average molecular weight is 426 g/mol. The summed E-state index contributed by atoms with van der Waals surface area (Å²) in [6.45, 7) is 0. The SMILES string of the molecule is O=S(=O)(CCCc1ccc(CCCS(=O)(=O)C(F)(F)F)cc1)C(F)(F)F. The van der Waals surface area contributed by atoms with Crippen LogP contribution in [0.5, 0.6) is 0 Å². The van der Waals surface area contributed by atoms with Crippen LogP contribution < -0.4 is 0 Å². The van der Waals surface area contributed by atoms with Crippen molar-refractivity contribution in [2.45, 2.75) is 36.7 Å². The van der Waals surface area contributed by atoms with Crippen LogP contribution in [0.25, 0.3) is 0 Å². The molecule has 26 heavy (non-hydrogen) atoms. The average Bonchev–Trinajstić information content (AvgIpc) is 2.46. The van der Waals surface area contributed by atoms with E-state index in [1.807, 2.05) is 0 Å². The molecule has 0 bridgehead atoms. The van der Waals surface area contributed by atoms with Crippen LogP contribution >= 0.6 is 0 Å². The smallest absolute Gasteiger partial charge is 0.220 e. The quantitative estimate of drug-likeness (QED) is 0.598. The van der Waals surface area contributed by atoms with E-state index in [9.17, 15) is 43.2 Å². The van der Waals surface area contributed by atoms with Gasteiger partial charge in [-0.25, -0.2) is 16.8 Å². The molecule has 0 aliphatic heterocycles. The molecule has 0 saturated heterocycles. The minimum atomic E-state index is -5.28. The molecule has 1 aromatic carbocycles. The summed E-state index contributed by atoms with van der Waals surface area (Å²) >= 11 is 0. The minimum Gasteiger partial charge on any atom is -0.220 e. The number of alkyl halides is 6. The summed E-state index contributed by atoms with van der Waals surface area (Å²) in [5.74, 6) is -2.07. The van der Waals surface area contributed by atoms with Crippen LogP contribution in [-0.2, 0) is 32.5 Å². The van der Waals surface area contributed by atoms with Gasteiger partial charge in [-0.2, -0.15) is 26.3 Å². The normalized spacial score (nSPS) is 13.8. The van der Waals surface area contributed by atoms with E-state index in [1.165, 1.54) is 24.3 Å². The molecule has 0 unspecified atom stereocenters. The van der Waals surface area contributed by atoms with Crippen molar-refractivity contribution in [3.05, 3.63) is 35.4 Å². The Morgan fingerprint density at radius 2 is 0.885 bits per heavy atom. The molecule has 150 valence electrons. The first kappa shape index (κ1) is 22.7. The lowest BCUT2D eigenvalue weighted by molar-refractivity contribution is -0.0441. The zero-order valence-corrected chi connectivity index (χ0v) is 14.9. The fourth-order valence-electron chi connectivity index (χ4n) is 2.04. The van der Waals surface area contributed by atoms with Crippen molar-refractivity contribution in [3.63, 3.8) is 0 Å². The molecule has 0 aliphatic carbocycles. The first-order valence-electron chi connectivity index (χ1n) is 7.31. The van der Waals surface area contributed by atoms with Gasteiger partial charge in [-0.15, -0.1) is 0 Å².